The minimum atomic E-state index is 0.0257. The Balaban J connectivity index is 1.67. The Morgan fingerprint density at radius 1 is 1.04 bits per heavy atom. The zero-order valence-corrected chi connectivity index (χ0v) is 17.7. The van der Waals surface area contributed by atoms with Crippen LogP contribution in [0.15, 0.2) is 63.4 Å². The van der Waals surface area contributed by atoms with Gasteiger partial charge in [-0.1, -0.05) is 73.0 Å². The molecule has 0 atom stereocenters. The first-order chi connectivity index (χ1) is 13.1. The molecule has 2 heterocycles. The van der Waals surface area contributed by atoms with Gasteiger partial charge >= 0.3 is 0 Å². The monoisotopic (exact) mass is 412 g/mol. The first-order valence-electron chi connectivity index (χ1n) is 9.06. The predicted octanol–water partition coefficient (Wildman–Crippen LogP) is 5.77. The Kier molecular flexibility index (Phi) is 5.30. The van der Waals surface area contributed by atoms with E-state index in [4.69, 9.17) is 12.2 Å². The number of hydrogen-bond donors (Lipinski definition) is 0. The summed E-state index contributed by atoms with van der Waals surface area (Å²) in [5.74, 6) is 0.0257. The van der Waals surface area contributed by atoms with Crippen LogP contribution in [0.4, 0.5) is 5.69 Å². The average molecular weight is 413 g/mol. The van der Waals surface area contributed by atoms with Crippen molar-refractivity contribution in [1.29, 1.82) is 0 Å². The fraction of sp³-hybridized carbons (Fsp3) is 0.238. The van der Waals surface area contributed by atoms with Crippen LogP contribution in [-0.2, 0) is 4.79 Å². The zero-order chi connectivity index (χ0) is 19.0. The Labute approximate surface area is 173 Å². The molecule has 0 aromatic heterocycles. The molecule has 2 aliphatic rings. The van der Waals surface area contributed by atoms with Gasteiger partial charge in [-0.15, -0.1) is 0 Å². The summed E-state index contributed by atoms with van der Waals surface area (Å²) in [4.78, 5) is 18.5. The summed E-state index contributed by atoms with van der Waals surface area (Å²) in [6, 6.07) is 12.8. The van der Waals surface area contributed by atoms with Crippen molar-refractivity contribution in [3.8, 4) is 0 Å². The molecule has 2 aromatic carbocycles. The minimum Gasteiger partial charge on any atom is -0.335 e. The number of carbonyl (C=O) groups excluding carboxylic acids is 1. The van der Waals surface area contributed by atoms with Gasteiger partial charge in [-0.3, -0.25) is 9.69 Å². The van der Waals surface area contributed by atoms with E-state index in [2.05, 4.69) is 61.2 Å². The third-order valence-corrected chi connectivity index (χ3v) is 7.23. The topological polar surface area (TPSA) is 23.6 Å². The maximum Gasteiger partial charge on any atom is 0.266 e. The molecule has 2 aromatic rings. The van der Waals surface area contributed by atoms with Crippen LogP contribution >= 0.6 is 35.7 Å². The highest BCUT2D eigenvalue weighted by molar-refractivity contribution is 8.26. The quantitative estimate of drug-likeness (QED) is 0.469. The van der Waals surface area contributed by atoms with Crippen molar-refractivity contribution in [2.45, 2.75) is 25.2 Å². The fourth-order valence-electron chi connectivity index (χ4n) is 3.36. The van der Waals surface area contributed by atoms with Crippen LogP contribution in [0.25, 0.3) is 10.8 Å². The largest absolute Gasteiger partial charge is 0.335 e. The number of allylic oxidation sites excluding steroid dienone is 2. The molecule has 3 nitrogen and oxygen atoms in total. The number of rotatable bonds is 4. The number of nitrogens with zero attached hydrogens (tertiary/aromatic N) is 2. The Bertz CT molecular complexity index is 996. The molecule has 138 valence electrons. The summed E-state index contributed by atoms with van der Waals surface area (Å²) in [5.41, 5.74) is 1.24. The van der Waals surface area contributed by atoms with Gasteiger partial charge in [0, 0.05) is 18.0 Å². The zero-order valence-electron chi connectivity index (χ0n) is 15.3. The van der Waals surface area contributed by atoms with Crippen molar-refractivity contribution in [2.24, 2.45) is 0 Å². The number of carbonyl (C=O) groups is 1. The van der Waals surface area contributed by atoms with Crippen LogP contribution in [0.3, 0.4) is 0 Å². The van der Waals surface area contributed by atoms with Crippen molar-refractivity contribution >= 4 is 62.4 Å². The van der Waals surface area contributed by atoms with E-state index >= 15 is 0 Å². The summed E-state index contributed by atoms with van der Waals surface area (Å²) >= 11 is 8.52. The van der Waals surface area contributed by atoms with E-state index in [-0.39, 0.29) is 5.91 Å². The average Bonchev–Trinajstić information content (AvgIpc) is 3.18. The van der Waals surface area contributed by atoms with Gasteiger partial charge in [0.25, 0.3) is 5.91 Å². The second-order valence-corrected chi connectivity index (χ2v) is 9.05. The van der Waals surface area contributed by atoms with Gasteiger partial charge in [-0.2, -0.15) is 0 Å². The van der Waals surface area contributed by atoms with Crippen molar-refractivity contribution in [3.63, 3.8) is 0 Å². The van der Waals surface area contributed by atoms with Gasteiger partial charge in [0.05, 0.1) is 15.6 Å². The Morgan fingerprint density at radius 2 is 1.85 bits per heavy atom. The van der Waals surface area contributed by atoms with Crippen LogP contribution in [0.5, 0.6) is 0 Å². The van der Waals surface area contributed by atoms with E-state index in [1.807, 2.05) is 6.08 Å². The molecule has 0 saturated carbocycles. The molecule has 0 radical (unpaired) electrons. The standard InChI is InChI=1S/C21H20N2OS3/c1-3-13-23-20(24)17(26-21(23)25)11-12-18-22(4-2)16-10-9-14-7-5-6-8-15(14)19(16)27-18/h5-12H,3-4,13H2,1-2H3/b17-11+,18-12-. The molecule has 1 fully saturated rings. The van der Waals surface area contributed by atoms with Gasteiger partial charge in [0.15, 0.2) is 0 Å². The Morgan fingerprint density at radius 3 is 2.63 bits per heavy atom. The summed E-state index contributed by atoms with van der Waals surface area (Å²) in [7, 11) is 0. The van der Waals surface area contributed by atoms with Crippen LogP contribution in [0, 0.1) is 0 Å². The molecule has 0 unspecified atom stereocenters. The number of thioether (sulfide) groups is 2. The fourth-order valence-corrected chi connectivity index (χ4v) is 5.87. The summed E-state index contributed by atoms with van der Waals surface area (Å²) in [5, 5.41) is 3.67. The summed E-state index contributed by atoms with van der Waals surface area (Å²) in [6.45, 7) is 5.78. The lowest BCUT2D eigenvalue weighted by molar-refractivity contribution is -0.122. The molecule has 4 rings (SSSR count). The number of benzene rings is 2. The molecular formula is C21H20N2OS3. The molecule has 1 amide bonds. The van der Waals surface area contributed by atoms with Crippen LogP contribution in [-0.4, -0.2) is 28.2 Å². The number of fused-ring (bicyclic) bond motifs is 3. The number of anilines is 1. The number of amides is 1. The van der Waals surface area contributed by atoms with E-state index in [9.17, 15) is 4.79 Å². The highest BCUT2D eigenvalue weighted by atomic mass is 32.2. The predicted molar refractivity (Wildman–Crippen MR) is 121 cm³/mol. The van der Waals surface area contributed by atoms with Crippen molar-refractivity contribution in [2.75, 3.05) is 18.0 Å². The third kappa shape index (κ3) is 3.30. The van der Waals surface area contributed by atoms with Gasteiger partial charge in [-0.25, -0.2) is 0 Å². The smallest absolute Gasteiger partial charge is 0.266 e. The molecular weight excluding hydrogens is 392 g/mol. The van der Waals surface area contributed by atoms with E-state index in [0.717, 1.165) is 18.0 Å². The lowest BCUT2D eigenvalue weighted by Gasteiger charge is -2.17. The minimum absolute atomic E-state index is 0.0257. The molecule has 6 heteroatoms. The number of hydrogen-bond acceptors (Lipinski definition) is 5. The maximum atomic E-state index is 12.6. The Hall–Kier alpha value is -1.76. The number of thiocarbonyl (C=S) groups is 1. The molecule has 0 N–H and O–H groups in total. The SMILES string of the molecule is CCCN1C(=O)/C(=C\C=C2/Sc3c(ccc4ccccc34)N2CC)SC1=S. The molecule has 0 bridgehead atoms. The second kappa shape index (κ2) is 7.70. The van der Waals surface area contributed by atoms with Crippen molar-refractivity contribution in [1.82, 2.24) is 4.90 Å². The van der Waals surface area contributed by atoms with E-state index in [0.29, 0.717) is 15.8 Å². The molecule has 27 heavy (non-hydrogen) atoms. The highest BCUT2D eigenvalue weighted by Gasteiger charge is 2.31. The van der Waals surface area contributed by atoms with Crippen LogP contribution in [0.1, 0.15) is 20.3 Å². The lowest BCUT2D eigenvalue weighted by atomic mass is 10.1. The van der Waals surface area contributed by atoms with Gasteiger partial charge in [-0.05, 0) is 42.3 Å². The van der Waals surface area contributed by atoms with Gasteiger partial charge < -0.3 is 4.90 Å². The van der Waals surface area contributed by atoms with E-state index < -0.39 is 0 Å². The molecule has 2 aliphatic heterocycles. The van der Waals surface area contributed by atoms with Gasteiger partial charge in [0.2, 0.25) is 0 Å². The molecule has 1 saturated heterocycles. The van der Waals surface area contributed by atoms with Crippen LogP contribution in [0.2, 0.25) is 0 Å². The van der Waals surface area contributed by atoms with Crippen molar-refractivity contribution in [3.05, 3.63) is 58.5 Å². The summed E-state index contributed by atoms with van der Waals surface area (Å²) < 4.78 is 0.659. The highest BCUT2D eigenvalue weighted by Crippen LogP contribution is 2.49. The first-order valence-corrected chi connectivity index (χ1v) is 11.1. The third-order valence-electron chi connectivity index (χ3n) is 4.64. The van der Waals surface area contributed by atoms with Crippen molar-refractivity contribution < 1.29 is 4.79 Å². The van der Waals surface area contributed by atoms with E-state index in [1.165, 1.54) is 33.1 Å². The molecule has 0 aliphatic carbocycles. The van der Waals surface area contributed by atoms with Gasteiger partial charge in [0.1, 0.15) is 4.32 Å². The normalized spacial score (nSPS) is 19.8. The van der Waals surface area contributed by atoms with Crippen LogP contribution < -0.4 is 4.90 Å². The molecule has 0 spiro atoms. The summed E-state index contributed by atoms with van der Waals surface area (Å²) in [6.07, 6.45) is 4.89. The maximum absolute atomic E-state index is 12.6. The second-order valence-electron chi connectivity index (χ2n) is 6.34. The first kappa shape index (κ1) is 18.6. The van der Waals surface area contributed by atoms with E-state index in [1.54, 1.807) is 16.7 Å². The lowest BCUT2D eigenvalue weighted by Crippen LogP contribution is -2.28.